The van der Waals surface area contributed by atoms with Crippen molar-refractivity contribution in [2.45, 2.75) is 50.8 Å². The second-order valence-electron chi connectivity index (χ2n) is 8.22. The molecule has 1 aromatic heterocycles. The van der Waals surface area contributed by atoms with Crippen molar-refractivity contribution >= 4 is 16.9 Å². The molecule has 5 heteroatoms. The van der Waals surface area contributed by atoms with Crippen LogP contribution in [0.15, 0.2) is 48.8 Å². The molecule has 1 aliphatic heterocycles. The van der Waals surface area contributed by atoms with E-state index in [2.05, 4.69) is 28.7 Å². The molecule has 5 rings (SSSR count). The fourth-order valence-electron chi connectivity index (χ4n) is 3.99. The molecule has 1 saturated carbocycles. The van der Waals surface area contributed by atoms with Gasteiger partial charge in [-0.05, 0) is 51.0 Å². The number of imidazole rings is 1. The number of ether oxygens (including phenoxy) is 1. The summed E-state index contributed by atoms with van der Waals surface area (Å²) in [5.74, 6) is 0.771. The molecule has 3 aromatic rings. The highest BCUT2D eigenvalue weighted by Gasteiger charge is 2.34. The molecule has 1 aliphatic carbocycles. The Morgan fingerprint density at radius 3 is 2.85 bits per heavy atom. The van der Waals surface area contributed by atoms with Crippen molar-refractivity contribution in [1.82, 2.24) is 14.9 Å². The molecule has 0 spiro atoms. The monoisotopic (exact) mass is 361 g/mol. The lowest BCUT2D eigenvalue weighted by Gasteiger charge is -2.37. The van der Waals surface area contributed by atoms with Crippen LogP contribution in [0.1, 0.15) is 61.1 Å². The first kappa shape index (κ1) is 16.4. The highest BCUT2D eigenvalue weighted by Crippen LogP contribution is 2.39. The van der Waals surface area contributed by atoms with E-state index in [0.717, 1.165) is 28.8 Å². The van der Waals surface area contributed by atoms with Crippen molar-refractivity contribution in [1.29, 1.82) is 0 Å². The molecular formula is C22H23N3O2. The minimum absolute atomic E-state index is 0.0721. The van der Waals surface area contributed by atoms with Crippen LogP contribution in [-0.2, 0) is 0 Å². The van der Waals surface area contributed by atoms with Crippen LogP contribution in [0.4, 0.5) is 0 Å². The third-order valence-electron chi connectivity index (χ3n) is 5.46. The van der Waals surface area contributed by atoms with Gasteiger partial charge in [-0.15, -0.1) is 0 Å². The molecule has 0 saturated heterocycles. The molecule has 1 atom stereocenters. The van der Waals surface area contributed by atoms with Crippen LogP contribution in [0, 0.1) is 0 Å². The first-order valence-electron chi connectivity index (χ1n) is 9.56. The number of rotatable bonds is 3. The van der Waals surface area contributed by atoms with E-state index in [1.165, 1.54) is 12.8 Å². The van der Waals surface area contributed by atoms with Gasteiger partial charge in [-0.3, -0.25) is 4.79 Å². The van der Waals surface area contributed by atoms with Gasteiger partial charge in [0.15, 0.2) is 0 Å². The molecular weight excluding hydrogens is 338 g/mol. The number of carbonyl (C=O) groups is 1. The molecule has 1 N–H and O–H groups in total. The summed E-state index contributed by atoms with van der Waals surface area (Å²) >= 11 is 0. The lowest BCUT2D eigenvalue weighted by molar-refractivity contribution is 0.0620. The topological polar surface area (TPSA) is 56.2 Å². The van der Waals surface area contributed by atoms with Gasteiger partial charge in [0, 0.05) is 23.6 Å². The molecule has 138 valence electrons. The molecule has 5 nitrogen and oxygen atoms in total. The van der Waals surface area contributed by atoms with Crippen molar-refractivity contribution in [3.8, 4) is 5.75 Å². The zero-order chi connectivity index (χ0) is 18.6. The number of hydrogen-bond acceptors (Lipinski definition) is 3. The summed E-state index contributed by atoms with van der Waals surface area (Å²) in [6.07, 6.45) is 5.05. The fourth-order valence-corrected chi connectivity index (χ4v) is 3.99. The van der Waals surface area contributed by atoms with Crippen LogP contribution in [-0.4, -0.2) is 21.1 Å². The maximum Gasteiger partial charge on any atom is 0.251 e. The molecule has 0 bridgehead atoms. The van der Waals surface area contributed by atoms with Crippen LogP contribution in [0.2, 0.25) is 0 Å². The van der Waals surface area contributed by atoms with Gasteiger partial charge >= 0.3 is 0 Å². The van der Waals surface area contributed by atoms with Crippen LogP contribution in [0.25, 0.3) is 11.0 Å². The van der Waals surface area contributed by atoms with Crippen LogP contribution in [0.3, 0.4) is 0 Å². The van der Waals surface area contributed by atoms with Crippen molar-refractivity contribution in [3.63, 3.8) is 0 Å². The lowest BCUT2D eigenvalue weighted by atomic mass is 9.89. The largest absolute Gasteiger partial charge is 0.487 e. The van der Waals surface area contributed by atoms with Crippen molar-refractivity contribution < 1.29 is 9.53 Å². The number of hydrogen-bond donors (Lipinski definition) is 1. The molecule has 0 radical (unpaired) electrons. The zero-order valence-corrected chi connectivity index (χ0v) is 15.6. The van der Waals surface area contributed by atoms with E-state index >= 15 is 0 Å². The van der Waals surface area contributed by atoms with Gasteiger partial charge in [-0.25, -0.2) is 4.98 Å². The average molecular weight is 361 g/mol. The summed E-state index contributed by atoms with van der Waals surface area (Å²) in [4.78, 5) is 17.4. The van der Waals surface area contributed by atoms with E-state index in [0.29, 0.717) is 11.6 Å². The van der Waals surface area contributed by atoms with Crippen molar-refractivity contribution in [2.75, 3.05) is 0 Å². The summed E-state index contributed by atoms with van der Waals surface area (Å²) in [5, 5.41) is 3.20. The Bertz CT molecular complexity index is 1030. The van der Waals surface area contributed by atoms with Gasteiger partial charge in [0.1, 0.15) is 11.4 Å². The minimum Gasteiger partial charge on any atom is -0.487 e. The highest BCUT2D eigenvalue weighted by molar-refractivity contribution is 5.97. The van der Waals surface area contributed by atoms with Gasteiger partial charge in [-0.2, -0.15) is 0 Å². The van der Waals surface area contributed by atoms with Gasteiger partial charge in [0.2, 0.25) is 0 Å². The predicted octanol–water partition coefficient (Wildman–Crippen LogP) is 4.40. The first-order valence-corrected chi connectivity index (χ1v) is 9.56. The lowest BCUT2D eigenvalue weighted by Crippen LogP contribution is -2.41. The maximum atomic E-state index is 12.9. The normalized spacial score (nSPS) is 20.7. The van der Waals surface area contributed by atoms with Gasteiger partial charge in [0.25, 0.3) is 5.91 Å². The number of para-hydroxylation sites is 1. The van der Waals surface area contributed by atoms with E-state index in [-0.39, 0.29) is 17.6 Å². The average Bonchev–Trinajstić information content (AvgIpc) is 3.39. The van der Waals surface area contributed by atoms with Gasteiger partial charge in [-0.1, -0.05) is 18.2 Å². The summed E-state index contributed by atoms with van der Waals surface area (Å²) < 4.78 is 8.28. The summed E-state index contributed by atoms with van der Waals surface area (Å²) in [6.45, 7) is 4.11. The number of nitrogens with zero attached hydrogens (tertiary/aromatic N) is 2. The predicted molar refractivity (Wildman–Crippen MR) is 104 cm³/mol. The van der Waals surface area contributed by atoms with E-state index in [9.17, 15) is 4.79 Å². The Kier molecular flexibility index (Phi) is 3.54. The standard InChI is InChI=1S/C22H23N3O2/c1-22(2)12-18(16-5-3-4-6-20(16)27-22)24-21(26)14-7-10-19-17(11-14)23-13-25(19)15-8-9-15/h3-7,10-11,13,15,18H,8-9,12H2,1-2H3,(H,24,26)/t18-/m1/s1. The molecule has 1 amide bonds. The van der Waals surface area contributed by atoms with Crippen LogP contribution in [0.5, 0.6) is 5.75 Å². The summed E-state index contributed by atoms with van der Waals surface area (Å²) in [7, 11) is 0. The molecule has 0 unspecified atom stereocenters. The second kappa shape index (κ2) is 5.84. The van der Waals surface area contributed by atoms with Crippen LogP contribution < -0.4 is 10.1 Å². The molecule has 1 fully saturated rings. The Balaban J connectivity index is 1.42. The zero-order valence-electron chi connectivity index (χ0n) is 15.6. The first-order chi connectivity index (χ1) is 13.0. The maximum absolute atomic E-state index is 12.9. The third kappa shape index (κ3) is 2.97. The SMILES string of the molecule is CC1(C)C[C@@H](NC(=O)c2ccc3c(c2)ncn3C2CC2)c2ccccc2O1. The summed E-state index contributed by atoms with van der Waals surface area (Å²) in [5.41, 5.74) is 3.34. The third-order valence-corrected chi connectivity index (χ3v) is 5.46. The molecule has 2 aromatic carbocycles. The minimum atomic E-state index is -0.320. The highest BCUT2D eigenvalue weighted by atomic mass is 16.5. The van der Waals surface area contributed by atoms with Gasteiger partial charge < -0.3 is 14.6 Å². The van der Waals surface area contributed by atoms with E-state index in [1.807, 2.05) is 48.8 Å². The smallest absolute Gasteiger partial charge is 0.251 e. The van der Waals surface area contributed by atoms with E-state index in [1.54, 1.807) is 0 Å². The van der Waals surface area contributed by atoms with E-state index < -0.39 is 0 Å². The van der Waals surface area contributed by atoms with Gasteiger partial charge in [0.05, 0.1) is 23.4 Å². The second-order valence-corrected chi connectivity index (χ2v) is 8.22. The summed E-state index contributed by atoms with van der Waals surface area (Å²) in [6, 6.07) is 14.2. The fraction of sp³-hybridized carbons (Fsp3) is 0.364. The number of nitrogens with one attached hydrogen (secondary N) is 1. The van der Waals surface area contributed by atoms with Crippen LogP contribution >= 0.6 is 0 Å². The molecule has 2 aliphatic rings. The quantitative estimate of drug-likeness (QED) is 0.752. The number of benzene rings is 2. The number of amides is 1. The molecule has 27 heavy (non-hydrogen) atoms. The van der Waals surface area contributed by atoms with Crippen molar-refractivity contribution in [3.05, 3.63) is 59.9 Å². The Hall–Kier alpha value is -2.82. The van der Waals surface area contributed by atoms with E-state index in [4.69, 9.17) is 4.74 Å². The molecule has 2 heterocycles. The number of aromatic nitrogens is 2. The van der Waals surface area contributed by atoms with Crippen molar-refractivity contribution in [2.24, 2.45) is 0 Å². The Labute approximate surface area is 158 Å². The Morgan fingerprint density at radius 2 is 2.04 bits per heavy atom. The number of carbonyl (C=O) groups excluding carboxylic acids is 1. The number of fused-ring (bicyclic) bond motifs is 2. The Morgan fingerprint density at radius 1 is 1.22 bits per heavy atom.